The molecule has 2 aromatic rings. The number of nitrogens with one attached hydrogen (secondary N) is 2. The minimum absolute atomic E-state index is 0.378. The third-order valence-corrected chi connectivity index (χ3v) is 3.09. The van der Waals surface area contributed by atoms with Gasteiger partial charge in [0.25, 0.3) is 11.8 Å². The number of nitrogens with zero attached hydrogens (tertiary/aromatic N) is 2. The van der Waals surface area contributed by atoms with Crippen LogP contribution >= 0.6 is 0 Å². The molecule has 1 aromatic heterocycles. The van der Waals surface area contributed by atoms with Gasteiger partial charge in [0.05, 0.1) is 5.56 Å². The molecular weight excluding hydrogens is 280 g/mol. The molecule has 0 unspecified atom stereocenters. The molecule has 1 heterocycles. The normalized spacial score (nSPS) is 9.95. The highest BCUT2D eigenvalue weighted by molar-refractivity contribution is 5.99. The number of hydrazine groups is 1. The van der Waals surface area contributed by atoms with Crippen LogP contribution in [0, 0.1) is 6.92 Å². The summed E-state index contributed by atoms with van der Waals surface area (Å²) in [5, 5.41) is 0. The van der Waals surface area contributed by atoms with Crippen molar-refractivity contribution in [3.8, 4) is 0 Å². The molecule has 0 saturated heterocycles. The number of pyridine rings is 1. The monoisotopic (exact) mass is 298 g/mol. The van der Waals surface area contributed by atoms with Crippen molar-refractivity contribution in [1.29, 1.82) is 0 Å². The smallest absolute Gasteiger partial charge is 0.271 e. The van der Waals surface area contributed by atoms with Crippen molar-refractivity contribution in [2.24, 2.45) is 0 Å². The molecule has 0 spiro atoms. The van der Waals surface area contributed by atoms with Crippen LogP contribution in [0.4, 0.5) is 5.69 Å². The average molecular weight is 298 g/mol. The Labute approximate surface area is 129 Å². The van der Waals surface area contributed by atoms with Gasteiger partial charge in [-0.15, -0.1) is 0 Å². The van der Waals surface area contributed by atoms with Crippen LogP contribution in [-0.2, 0) is 0 Å². The van der Waals surface area contributed by atoms with Gasteiger partial charge in [-0.3, -0.25) is 25.4 Å². The van der Waals surface area contributed by atoms with E-state index >= 15 is 0 Å². The molecule has 0 atom stereocenters. The van der Waals surface area contributed by atoms with Gasteiger partial charge in [0.2, 0.25) is 0 Å². The first-order valence-electron chi connectivity index (χ1n) is 6.78. The van der Waals surface area contributed by atoms with Gasteiger partial charge in [-0.2, -0.15) is 0 Å². The Bertz CT molecular complexity index is 681. The van der Waals surface area contributed by atoms with E-state index in [-0.39, 0.29) is 5.91 Å². The highest BCUT2D eigenvalue weighted by Crippen LogP contribution is 2.13. The van der Waals surface area contributed by atoms with E-state index in [1.807, 2.05) is 32.0 Å². The summed E-state index contributed by atoms with van der Waals surface area (Å²) in [6.07, 6.45) is 1.46. The fraction of sp³-hybridized carbons (Fsp3) is 0.188. The standard InChI is InChI=1S/C16H18N4O2/c1-11-7-8-13(10-17-11)16(22)19-18-15(21)12-5-4-6-14(9-12)20(2)3/h4-10H,1-3H3,(H,18,21)(H,19,22). The van der Waals surface area contributed by atoms with Gasteiger partial charge in [0.1, 0.15) is 0 Å². The zero-order chi connectivity index (χ0) is 16.1. The molecule has 0 saturated carbocycles. The van der Waals surface area contributed by atoms with E-state index < -0.39 is 5.91 Å². The zero-order valence-electron chi connectivity index (χ0n) is 12.8. The number of hydrogen-bond donors (Lipinski definition) is 2. The topological polar surface area (TPSA) is 74.3 Å². The van der Waals surface area contributed by atoms with Crippen molar-refractivity contribution in [2.45, 2.75) is 6.92 Å². The van der Waals surface area contributed by atoms with Gasteiger partial charge in [0.15, 0.2) is 0 Å². The van der Waals surface area contributed by atoms with Crippen LogP contribution < -0.4 is 15.8 Å². The fourth-order valence-electron chi connectivity index (χ4n) is 1.79. The Hall–Kier alpha value is -2.89. The van der Waals surface area contributed by atoms with Crippen LogP contribution in [0.25, 0.3) is 0 Å². The molecule has 0 aliphatic carbocycles. The molecule has 22 heavy (non-hydrogen) atoms. The van der Waals surface area contributed by atoms with Crippen molar-refractivity contribution in [3.05, 3.63) is 59.4 Å². The van der Waals surface area contributed by atoms with Crippen LogP contribution in [0.2, 0.25) is 0 Å². The lowest BCUT2D eigenvalue weighted by atomic mass is 10.2. The molecule has 2 rings (SSSR count). The summed E-state index contributed by atoms with van der Waals surface area (Å²) in [4.78, 5) is 29.9. The zero-order valence-corrected chi connectivity index (χ0v) is 12.8. The van der Waals surface area contributed by atoms with Gasteiger partial charge >= 0.3 is 0 Å². The van der Waals surface area contributed by atoms with Gasteiger partial charge in [-0.05, 0) is 37.3 Å². The van der Waals surface area contributed by atoms with Crippen molar-refractivity contribution in [3.63, 3.8) is 0 Å². The van der Waals surface area contributed by atoms with Gasteiger partial charge in [-0.25, -0.2) is 0 Å². The SMILES string of the molecule is Cc1ccc(C(=O)NNC(=O)c2cccc(N(C)C)c2)cn1. The van der Waals surface area contributed by atoms with Gasteiger partial charge in [0, 0.05) is 37.2 Å². The first-order chi connectivity index (χ1) is 10.5. The van der Waals surface area contributed by atoms with Gasteiger partial charge in [-0.1, -0.05) is 6.07 Å². The van der Waals surface area contributed by atoms with E-state index in [1.54, 1.807) is 30.3 Å². The largest absolute Gasteiger partial charge is 0.378 e. The number of carbonyl (C=O) groups is 2. The van der Waals surface area contributed by atoms with E-state index in [0.717, 1.165) is 11.4 Å². The lowest BCUT2D eigenvalue weighted by Gasteiger charge is -2.13. The minimum atomic E-state index is -0.412. The van der Waals surface area contributed by atoms with Crippen molar-refractivity contribution >= 4 is 17.5 Å². The average Bonchev–Trinajstić information content (AvgIpc) is 2.53. The van der Waals surface area contributed by atoms with E-state index in [0.29, 0.717) is 11.1 Å². The molecule has 0 bridgehead atoms. The fourth-order valence-corrected chi connectivity index (χ4v) is 1.79. The molecule has 6 heteroatoms. The predicted octanol–water partition coefficient (Wildman–Crippen LogP) is 1.53. The Morgan fingerprint density at radius 1 is 1.00 bits per heavy atom. The molecule has 0 fully saturated rings. The van der Waals surface area contributed by atoms with Crippen LogP contribution in [0.5, 0.6) is 0 Å². The minimum Gasteiger partial charge on any atom is -0.378 e. The van der Waals surface area contributed by atoms with Crippen LogP contribution in [0.15, 0.2) is 42.6 Å². The number of benzene rings is 1. The molecule has 6 nitrogen and oxygen atoms in total. The first-order valence-corrected chi connectivity index (χ1v) is 6.78. The van der Waals surface area contributed by atoms with Crippen molar-refractivity contribution < 1.29 is 9.59 Å². The maximum atomic E-state index is 12.0. The summed E-state index contributed by atoms with van der Waals surface area (Å²) in [5.41, 5.74) is 7.34. The predicted molar refractivity (Wildman–Crippen MR) is 84.7 cm³/mol. The first kappa shape index (κ1) is 15.5. The summed E-state index contributed by atoms with van der Waals surface area (Å²) < 4.78 is 0. The van der Waals surface area contributed by atoms with E-state index in [9.17, 15) is 9.59 Å². The van der Waals surface area contributed by atoms with Gasteiger partial charge < -0.3 is 4.90 Å². The third kappa shape index (κ3) is 3.82. The molecule has 0 aliphatic rings. The lowest BCUT2D eigenvalue weighted by Crippen LogP contribution is -2.41. The second-order valence-electron chi connectivity index (χ2n) is 5.04. The molecule has 0 aliphatic heterocycles. The summed E-state index contributed by atoms with van der Waals surface area (Å²) in [6.45, 7) is 1.83. The molecule has 1 aromatic carbocycles. The highest BCUT2D eigenvalue weighted by atomic mass is 16.2. The summed E-state index contributed by atoms with van der Waals surface area (Å²) in [6, 6.07) is 10.5. The molecular formula is C16H18N4O2. The second kappa shape index (κ2) is 6.71. The molecule has 114 valence electrons. The Morgan fingerprint density at radius 3 is 2.27 bits per heavy atom. The Balaban J connectivity index is 1.99. The Morgan fingerprint density at radius 2 is 1.68 bits per heavy atom. The van der Waals surface area contributed by atoms with Crippen LogP contribution in [0.1, 0.15) is 26.4 Å². The van der Waals surface area contributed by atoms with E-state index in [4.69, 9.17) is 0 Å². The van der Waals surface area contributed by atoms with E-state index in [2.05, 4.69) is 15.8 Å². The lowest BCUT2D eigenvalue weighted by molar-refractivity contribution is 0.0846. The van der Waals surface area contributed by atoms with Crippen LogP contribution in [0.3, 0.4) is 0 Å². The number of anilines is 1. The number of hydrogen-bond acceptors (Lipinski definition) is 4. The number of aryl methyl sites for hydroxylation is 1. The summed E-state index contributed by atoms with van der Waals surface area (Å²) >= 11 is 0. The molecule has 0 radical (unpaired) electrons. The number of rotatable bonds is 3. The van der Waals surface area contributed by atoms with E-state index in [1.165, 1.54) is 6.20 Å². The van der Waals surface area contributed by atoms with Crippen molar-refractivity contribution in [1.82, 2.24) is 15.8 Å². The molecule has 2 N–H and O–H groups in total. The van der Waals surface area contributed by atoms with Crippen LogP contribution in [-0.4, -0.2) is 30.9 Å². The summed E-state index contributed by atoms with van der Waals surface area (Å²) in [7, 11) is 3.78. The Kier molecular flexibility index (Phi) is 4.73. The summed E-state index contributed by atoms with van der Waals surface area (Å²) in [5.74, 6) is -0.790. The quantitative estimate of drug-likeness (QED) is 0.843. The maximum Gasteiger partial charge on any atom is 0.271 e. The second-order valence-corrected chi connectivity index (χ2v) is 5.04. The number of carbonyl (C=O) groups excluding carboxylic acids is 2. The maximum absolute atomic E-state index is 12.0. The number of amides is 2. The third-order valence-electron chi connectivity index (χ3n) is 3.09. The number of aromatic nitrogens is 1. The van der Waals surface area contributed by atoms with Crippen molar-refractivity contribution in [2.75, 3.05) is 19.0 Å². The molecule has 2 amide bonds. The highest BCUT2D eigenvalue weighted by Gasteiger charge is 2.10.